The number of aryl methyl sites for hydroxylation is 1. The topological polar surface area (TPSA) is 92.4 Å². The van der Waals surface area contributed by atoms with Crippen molar-refractivity contribution in [3.8, 4) is 0 Å². The maximum atomic E-state index is 11.1. The van der Waals surface area contributed by atoms with Gasteiger partial charge < -0.3 is 16.4 Å². The van der Waals surface area contributed by atoms with Crippen LogP contribution in [0.3, 0.4) is 0 Å². The van der Waals surface area contributed by atoms with Crippen LogP contribution in [0.5, 0.6) is 0 Å². The van der Waals surface area contributed by atoms with Crippen LogP contribution in [0.15, 0.2) is 35.5 Å². The molecule has 8 heteroatoms. The van der Waals surface area contributed by atoms with Crippen LogP contribution in [0.1, 0.15) is 32.7 Å². The molecule has 0 bridgehead atoms. The van der Waals surface area contributed by atoms with Gasteiger partial charge in [-0.25, -0.2) is 9.98 Å². The first-order valence-corrected chi connectivity index (χ1v) is 8.22. The van der Waals surface area contributed by atoms with Crippen molar-refractivity contribution in [2.75, 3.05) is 6.54 Å². The smallest absolute Gasteiger partial charge is 0.248 e. The molecule has 130 valence electrons. The highest BCUT2D eigenvalue weighted by molar-refractivity contribution is 14.0. The molecular weight excluding hydrogens is 437 g/mol. The second-order valence-electron chi connectivity index (χ2n) is 4.97. The standard InChI is InChI=1S/C16H21N5OS.HI/c1-3-18-16(21-10-14-19-8-11(2)23-14)20-9-12-4-6-13(7-5-12)15(17)22;/h4-8H,3,9-10H2,1-2H3,(H2,17,22)(H2,18,20,21);1H. The average molecular weight is 459 g/mol. The van der Waals surface area contributed by atoms with Gasteiger partial charge in [0.15, 0.2) is 5.96 Å². The van der Waals surface area contributed by atoms with Crippen LogP contribution in [0, 0.1) is 6.92 Å². The number of aromatic nitrogens is 1. The zero-order chi connectivity index (χ0) is 16.7. The summed E-state index contributed by atoms with van der Waals surface area (Å²) < 4.78 is 0. The van der Waals surface area contributed by atoms with E-state index in [9.17, 15) is 4.79 Å². The van der Waals surface area contributed by atoms with E-state index >= 15 is 0 Å². The molecule has 1 heterocycles. The molecule has 0 aliphatic rings. The third kappa shape index (κ3) is 6.44. The molecule has 0 unspecified atom stereocenters. The van der Waals surface area contributed by atoms with E-state index in [2.05, 4.69) is 20.6 Å². The summed E-state index contributed by atoms with van der Waals surface area (Å²) >= 11 is 1.67. The van der Waals surface area contributed by atoms with E-state index in [4.69, 9.17) is 5.73 Å². The van der Waals surface area contributed by atoms with Gasteiger partial charge in [0.25, 0.3) is 0 Å². The SMILES string of the molecule is CCNC(=NCc1ccc(C(N)=O)cc1)NCc1ncc(C)s1.I. The first-order valence-electron chi connectivity index (χ1n) is 7.40. The number of thiazole rings is 1. The summed E-state index contributed by atoms with van der Waals surface area (Å²) in [5.74, 6) is 0.313. The Labute approximate surface area is 163 Å². The number of hydrogen-bond acceptors (Lipinski definition) is 4. The van der Waals surface area contributed by atoms with E-state index in [1.807, 2.05) is 32.2 Å². The number of aliphatic imine (C=N–C) groups is 1. The van der Waals surface area contributed by atoms with Gasteiger partial charge in [0.1, 0.15) is 5.01 Å². The highest BCUT2D eigenvalue weighted by atomic mass is 127. The minimum Gasteiger partial charge on any atom is -0.366 e. The summed E-state index contributed by atoms with van der Waals surface area (Å²) in [6.45, 7) is 6.00. The van der Waals surface area contributed by atoms with Gasteiger partial charge in [-0.2, -0.15) is 0 Å². The maximum Gasteiger partial charge on any atom is 0.248 e. The number of halogens is 1. The van der Waals surface area contributed by atoms with Gasteiger partial charge in [0, 0.05) is 23.2 Å². The molecular formula is C16H22IN5OS. The Balaban J connectivity index is 0.00000288. The molecule has 6 nitrogen and oxygen atoms in total. The Bertz CT molecular complexity index is 684. The van der Waals surface area contributed by atoms with E-state index < -0.39 is 5.91 Å². The monoisotopic (exact) mass is 459 g/mol. The van der Waals surface area contributed by atoms with Crippen molar-refractivity contribution in [3.63, 3.8) is 0 Å². The Kier molecular flexibility index (Phi) is 8.69. The quantitative estimate of drug-likeness (QED) is 0.352. The molecule has 0 atom stereocenters. The lowest BCUT2D eigenvalue weighted by Gasteiger charge is -2.10. The second kappa shape index (κ2) is 10.2. The van der Waals surface area contributed by atoms with Crippen molar-refractivity contribution in [1.29, 1.82) is 0 Å². The highest BCUT2D eigenvalue weighted by Gasteiger charge is 2.03. The first-order chi connectivity index (χ1) is 11.1. The molecule has 1 aromatic heterocycles. The normalized spacial score (nSPS) is 10.8. The number of carbonyl (C=O) groups excluding carboxylic acids is 1. The van der Waals surface area contributed by atoms with Crippen molar-refractivity contribution < 1.29 is 4.79 Å². The van der Waals surface area contributed by atoms with Crippen LogP contribution < -0.4 is 16.4 Å². The summed E-state index contributed by atoms with van der Waals surface area (Å²) in [6, 6.07) is 7.15. The number of guanidine groups is 1. The number of primary amides is 1. The van der Waals surface area contributed by atoms with Gasteiger partial charge in [-0.1, -0.05) is 12.1 Å². The maximum absolute atomic E-state index is 11.1. The number of amides is 1. The van der Waals surface area contributed by atoms with Gasteiger partial charge in [-0.05, 0) is 31.5 Å². The molecule has 2 rings (SSSR count). The van der Waals surface area contributed by atoms with Crippen LogP contribution >= 0.6 is 35.3 Å². The van der Waals surface area contributed by atoms with Gasteiger partial charge >= 0.3 is 0 Å². The van der Waals surface area contributed by atoms with E-state index in [0.29, 0.717) is 18.7 Å². The molecule has 0 saturated heterocycles. The Morgan fingerprint density at radius 2 is 2.00 bits per heavy atom. The Morgan fingerprint density at radius 1 is 1.29 bits per heavy atom. The summed E-state index contributed by atoms with van der Waals surface area (Å²) in [5, 5.41) is 7.49. The molecule has 0 fully saturated rings. The number of benzene rings is 1. The van der Waals surface area contributed by atoms with Gasteiger partial charge in [0.2, 0.25) is 5.91 Å². The zero-order valence-corrected chi connectivity index (χ0v) is 16.9. The fourth-order valence-corrected chi connectivity index (χ4v) is 2.66. The van der Waals surface area contributed by atoms with Crippen molar-refractivity contribution in [3.05, 3.63) is 51.5 Å². The van der Waals surface area contributed by atoms with E-state index in [1.165, 1.54) is 4.88 Å². The molecule has 24 heavy (non-hydrogen) atoms. The minimum absolute atomic E-state index is 0. The summed E-state index contributed by atoms with van der Waals surface area (Å²) in [4.78, 5) is 21.1. The molecule has 0 saturated carbocycles. The molecule has 0 radical (unpaired) electrons. The predicted octanol–water partition coefficient (Wildman–Crippen LogP) is 2.42. The summed E-state index contributed by atoms with van der Waals surface area (Å²) in [6.07, 6.45) is 1.87. The first kappa shape index (κ1) is 20.4. The Morgan fingerprint density at radius 3 is 2.54 bits per heavy atom. The Hall–Kier alpha value is -1.68. The van der Waals surface area contributed by atoms with E-state index in [0.717, 1.165) is 23.1 Å². The lowest BCUT2D eigenvalue weighted by Crippen LogP contribution is -2.36. The number of nitrogens with zero attached hydrogens (tertiary/aromatic N) is 2. The summed E-state index contributed by atoms with van der Waals surface area (Å²) in [7, 11) is 0. The van der Waals surface area contributed by atoms with Crippen LogP contribution in [-0.2, 0) is 13.1 Å². The van der Waals surface area contributed by atoms with Crippen LogP contribution in [0.4, 0.5) is 0 Å². The fourth-order valence-electron chi connectivity index (χ4n) is 1.93. The van der Waals surface area contributed by atoms with Crippen LogP contribution in [0.2, 0.25) is 0 Å². The number of nitrogens with one attached hydrogen (secondary N) is 2. The van der Waals surface area contributed by atoms with Crippen LogP contribution in [0.25, 0.3) is 0 Å². The number of hydrogen-bond donors (Lipinski definition) is 3. The number of rotatable bonds is 6. The molecule has 0 aliphatic heterocycles. The van der Waals surface area contributed by atoms with Gasteiger partial charge in [-0.3, -0.25) is 4.79 Å². The highest BCUT2D eigenvalue weighted by Crippen LogP contribution is 2.10. The molecule has 1 aromatic carbocycles. The minimum atomic E-state index is -0.422. The molecule has 2 aromatic rings. The fraction of sp³-hybridized carbons (Fsp3) is 0.312. The van der Waals surface area contributed by atoms with Crippen LogP contribution in [-0.4, -0.2) is 23.4 Å². The average Bonchev–Trinajstić information content (AvgIpc) is 2.96. The van der Waals surface area contributed by atoms with Crippen molar-refractivity contribution in [2.45, 2.75) is 26.9 Å². The number of carbonyl (C=O) groups is 1. The van der Waals surface area contributed by atoms with Gasteiger partial charge in [-0.15, -0.1) is 35.3 Å². The third-order valence-corrected chi connectivity index (χ3v) is 3.99. The number of nitrogens with two attached hydrogens (primary N) is 1. The lowest BCUT2D eigenvalue weighted by molar-refractivity contribution is 0.100. The van der Waals surface area contributed by atoms with Crippen molar-refractivity contribution in [2.24, 2.45) is 10.7 Å². The molecule has 0 aliphatic carbocycles. The predicted molar refractivity (Wildman–Crippen MR) is 109 cm³/mol. The second-order valence-corrected chi connectivity index (χ2v) is 6.29. The van der Waals surface area contributed by atoms with Gasteiger partial charge in [0.05, 0.1) is 13.1 Å². The lowest BCUT2D eigenvalue weighted by atomic mass is 10.1. The van der Waals surface area contributed by atoms with Crippen molar-refractivity contribution >= 4 is 47.2 Å². The molecule has 4 N–H and O–H groups in total. The molecule has 1 amide bonds. The summed E-state index contributed by atoms with van der Waals surface area (Å²) in [5.41, 5.74) is 6.74. The molecule has 0 spiro atoms. The van der Waals surface area contributed by atoms with E-state index in [1.54, 1.807) is 23.5 Å². The largest absolute Gasteiger partial charge is 0.366 e. The van der Waals surface area contributed by atoms with Crippen molar-refractivity contribution in [1.82, 2.24) is 15.6 Å². The van der Waals surface area contributed by atoms with E-state index in [-0.39, 0.29) is 24.0 Å². The third-order valence-electron chi connectivity index (χ3n) is 3.08. The zero-order valence-electron chi connectivity index (χ0n) is 13.7.